The molecule has 0 aliphatic carbocycles. The van der Waals surface area contributed by atoms with Crippen LogP contribution < -0.4 is 0 Å². The van der Waals surface area contributed by atoms with Crippen LogP contribution in [0.4, 0.5) is 4.39 Å². The van der Waals surface area contributed by atoms with E-state index < -0.39 is 9.74 Å². The first-order valence-electron chi connectivity index (χ1n) is 3.63. The first-order valence-corrected chi connectivity index (χ1v) is 4.76. The molecule has 13 heavy (non-hydrogen) atoms. The predicted molar refractivity (Wildman–Crippen MR) is 49.5 cm³/mol. The molecule has 0 saturated carbocycles. The molecule has 1 heterocycles. The number of hydrogen-bond donors (Lipinski definition) is 0. The van der Waals surface area contributed by atoms with Gasteiger partial charge in [0, 0.05) is 6.54 Å². The van der Waals surface area contributed by atoms with E-state index in [1.165, 1.54) is 4.68 Å². The first-order chi connectivity index (χ1) is 5.96. The van der Waals surface area contributed by atoms with Gasteiger partial charge in [0.2, 0.25) is 3.79 Å². The van der Waals surface area contributed by atoms with Crippen molar-refractivity contribution in [3.8, 4) is 0 Å². The highest BCUT2D eigenvalue weighted by Gasteiger charge is 2.32. The van der Waals surface area contributed by atoms with Gasteiger partial charge in [-0.1, -0.05) is 52.0 Å². The lowest BCUT2D eigenvalue weighted by Crippen LogP contribution is -2.13. The number of aryl methyl sites for hydroxylation is 1. The monoisotopic (exact) mass is 245 g/mol. The SMILES string of the molecule is CCCn1nnc(F)c1C(Cl)(Cl)Cl. The van der Waals surface area contributed by atoms with Crippen molar-refractivity contribution in [3.05, 3.63) is 11.6 Å². The van der Waals surface area contributed by atoms with Crippen LogP contribution in [0, 0.1) is 5.95 Å². The summed E-state index contributed by atoms with van der Waals surface area (Å²) >= 11 is 16.6. The van der Waals surface area contributed by atoms with Gasteiger partial charge in [-0.3, -0.25) is 0 Å². The molecule has 0 fully saturated rings. The summed E-state index contributed by atoms with van der Waals surface area (Å²) in [5.74, 6) is -0.839. The third-order valence-electron chi connectivity index (χ3n) is 1.40. The van der Waals surface area contributed by atoms with Crippen LogP contribution in [0.25, 0.3) is 0 Å². The van der Waals surface area contributed by atoms with Gasteiger partial charge in [0.1, 0.15) is 5.69 Å². The molecule has 1 aromatic rings. The van der Waals surface area contributed by atoms with Crippen molar-refractivity contribution in [1.82, 2.24) is 15.0 Å². The van der Waals surface area contributed by atoms with Gasteiger partial charge in [-0.2, -0.15) is 4.39 Å². The van der Waals surface area contributed by atoms with E-state index in [2.05, 4.69) is 10.3 Å². The topological polar surface area (TPSA) is 30.7 Å². The second kappa shape index (κ2) is 3.98. The number of hydrogen-bond acceptors (Lipinski definition) is 2. The molecule has 0 bridgehead atoms. The second-order valence-electron chi connectivity index (χ2n) is 2.45. The van der Waals surface area contributed by atoms with E-state index in [-0.39, 0.29) is 5.69 Å². The lowest BCUT2D eigenvalue weighted by molar-refractivity contribution is 0.554. The van der Waals surface area contributed by atoms with Crippen LogP contribution in [0.15, 0.2) is 0 Å². The second-order valence-corrected chi connectivity index (χ2v) is 4.73. The number of aromatic nitrogens is 3. The summed E-state index contributed by atoms with van der Waals surface area (Å²) < 4.78 is 12.4. The summed E-state index contributed by atoms with van der Waals surface area (Å²) in [4.78, 5) is 0. The van der Waals surface area contributed by atoms with Crippen molar-refractivity contribution in [1.29, 1.82) is 0 Å². The fourth-order valence-electron chi connectivity index (χ4n) is 0.923. The minimum atomic E-state index is -1.82. The smallest absolute Gasteiger partial charge is 0.242 e. The largest absolute Gasteiger partial charge is 0.260 e. The highest BCUT2D eigenvalue weighted by Crippen LogP contribution is 2.38. The third kappa shape index (κ3) is 2.45. The minimum Gasteiger partial charge on any atom is -0.242 e. The van der Waals surface area contributed by atoms with Crippen molar-refractivity contribution >= 4 is 34.8 Å². The van der Waals surface area contributed by atoms with Gasteiger partial charge >= 0.3 is 0 Å². The molecule has 0 atom stereocenters. The molecule has 0 radical (unpaired) electrons. The molecule has 0 aliphatic rings. The lowest BCUT2D eigenvalue weighted by atomic mass is 10.4. The Morgan fingerprint density at radius 2 is 2.08 bits per heavy atom. The molecule has 0 aliphatic heterocycles. The molecule has 0 spiro atoms. The van der Waals surface area contributed by atoms with Crippen molar-refractivity contribution < 1.29 is 4.39 Å². The molecule has 1 rings (SSSR count). The Hall–Kier alpha value is -0.0600. The van der Waals surface area contributed by atoms with Gasteiger partial charge in [0.25, 0.3) is 5.95 Å². The van der Waals surface area contributed by atoms with Crippen molar-refractivity contribution in [2.45, 2.75) is 23.7 Å². The fraction of sp³-hybridized carbons (Fsp3) is 0.667. The molecule has 3 nitrogen and oxygen atoms in total. The zero-order chi connectivity index (χ0) is 10.1. The Morgan fingerprint density at radius 1 is 1.46 bits per heavy atom. The molecular formula is C6H7Cl3FN3. The van der Waals surface area contributed by atoms with Gasteiger partial charge < -0.3 is 0 Å². The van der Waals surface area contributed by atoms with Crippen molar-refractivity contribution in [2.24, 2.45) is 0 Å². The van der Waals surface area contributed by atoms with Crippen molar-refractivity contribution in [2.75, 3.05) is 0 Å². The molecule has 0 saturated heterocycles. The summed E-state index contributed by atoms with van der Waals surface area (Å²) in [7, 11) is 0. The molecule has 0 amide bonds. The van der Waals surface area contributed by atoms with Crippen LogP contribution in [0.3, 0.4) is 0 Å². The molecule has 7 heteroatoms. The van der Waals surface area contributed by atoms with Gasteiger partial charge in [-0.15, -0.1) is 0 Å². The summed E-state index contributed by atoms with van der Waals surface area (Å²) in [6, 6.07) is 0. The summed E-state index contributed by atoms with van der Waals surface area (Å²) in [6.07, 6.45) is 0.760. The van der Waals surface area contributed by atoms with Gasteiger partial charge in [0.15, 0.2) is 0 Å². The van der Waals surface area contributed by atoms with E-state index >= 15 is 0 Å². The number of halogens is 4. The summed E-state index contributed by atoms with van der Waals surface area (Å²) in [5, 5.41) is 6.70. The summed E-state index contributed by atoms with van der Waals surface area (Å²) in [5.41, 5.74) is -0.112. The van der Waals surface area contributed by atoms with Gasteiger partial charge in [0.05, 0.1) is 0 Å². The Labute approximate surface area is 89.8 Å². The normalized spacial score (nSPS) is 12.1. The standard InChI is InChI=1S/C6H7Cl3FN3/c1-2-3-13-4(6(7,8)9)5(10)11-12-13/h2-3H2,1H3. The minimum absolute atomic E-state index is 0.112. The quantitative estimate of drug-likeness (QED) is 0.751. The Bertz CT molecular complexity index is 294. The Morgan fingerprint density at radius 3 is 2.54 bits per heavy atom. The fourth-order valence-corrected chi connectivity index (χ4v) is 1.45. The number of alkyl halides is 3. The van der Waals surface area contributed by atoms with E-state index in [1.54, 1.807) is 0 Å². The van der Waals surface area contributed by atoms with E-state index in [4.69, 9.17) is 34.8 Å². The average Bonchev–Trinajstić information content (AvgIpc) is 2.31. The third-order valence-corrected chi connectivity index (χ3v) is 1.93. The first kappa shape index (κ1) is 11.0. The van der Waals surface area contributed by atoms with Crippen LogP contribution in [0.1, 0.15) is 19.0 Å². The van der Waals surface area contributed by atoms with Gasteiger partial charge in [-0.25, -0.2) is 4.68 Å². The predicted octanol–water partition coefficient (Wildman–Crippen LogP) is 2.65. The highest BCUT2D eigenvalue weighted by molar-refractivity contribution is 6.66. The maximum atomic E-state index is 13.0. The average molecular weight is 246 g/mol. The van der Waals surface area contributed by atoms with Crippen LogP contribution in [-0.4, -0.2) is 15.0 Å². The van der Waals surface area contributed by atoms with Crippen molar-refractivity contribution in [3.63, 3.8) is 0 Å². The molecule has 0 aromatic carbocycles. The molecule has 0 unspecified atom stereocenters. The van der Waals surface area contributed by atoms with E-state index in [1.807, 2.05) is 6.92 Å². The maximum absolute atomic E-state index is 13.0. The Kier molecular flexibility index (Phi) is 3.38. The Balaban J connectivity index is 3.09. The maximum Gasteiger partial charge on any atom is 0.260 e. The molecule has 1 aromatic heterocycles. The van der Waals surface area contributed by atoms with Crippen LogP contribution in [0.2, 0.25) is 0 Å². The lowest BCUT2D eigenvalue weighted by Gasteiger charge is -2.11. The highest BCUT2D eigenvalue weighted by atomic mass is 35.6. The zero-order valence-electron chi connectivity index (χ0n) is 6.77. The van der Waals surface area contributed by atoms with Crippen LogP contribution in [0.5, 0.6) is 0 Å². The van der Waals surface area contributed by atoms with Crippen LogP contribution >= 0.6 is 34.8 Å². The molecular weight excluding hydrogens is 239 g/mol. The van der Waals surface area contributed by atoms with E-state index in [0.29, 0.717) is 6.54 Å². The van der Waals surface area contributed by atoms with E-state index in [0.717, 1.165) is 6.42 Å². The molecule has 74 valence electrons. The van der Waals surface area contributed by atoms with E-state index in [9.17, 15) is 4.39 Å². The molecule has 0 N–H and O–H groups in total. The number of nitrogens with zero attached hydrogens (tertiary/aromatic N) is 3. The van der Waals surface area contributed by atoms with Gasteiger partial charge in [-0.05, 0) is 6.42 Å². The zero-order valence-corrected chi connectivity index (χ0v) is 9.04. The summed E-state index contributed by atoms with van der Waals surface area (Å²) in [6.45, 7) is 2.38. The van der Waals surface area contributed by atoms with Crippen LogP contribution in [-0.2, 0) is 10.3 Å². The number of rotatable bonds is 2.